The van der Waals surface area contributed by atoms with Gasteiger partial charge in [0.05, 0.1) is 6.07 Å². The number of oxazole rings is 1. The highest BCUT2D eigenvalue weighted by atomic mass is 32.2. The number of fused-ring (bicyclic) bond motifs is 1. The minimum Gasteiger partial charge on any atom is -0.431 e. The number of para-hydroxylation sites is 2. The Bertz CT molecular complexity index is 753. The number of benzene rings is 2. The Morgan fingerprint density at radius 3 is 2.67 bits per heavy atom. The molecule has 1 unspecified atom stereocenters. The molecule has 2 aromatic carbocycles. The lowest BCUT2D eigenvalue weighted by Crippen LogP contribution is -2.03. The van der Waals surface area contributed by atoms with E-state index in [9.17, 15) is 5.26 Å². The van der Waals surface area contributed by atoms with Crippen LogP contribution < -0.4 is 0 Å². The van der Waals surface area contributed by atoms with Crippen LogP contribution in [0.4, 0.5) is 0 Å². The van der Waals surface area contributed by atoms with Gasteiger partial charge in [-0.25, -0.2) is 4.98 Å². The second-order valence-corrected chi connectivity index (χ2v) is 6.03. The third-order valence-electron chi connectivity index (χ3n) is 3.20. The van der Waals surface area contributed by atoms with Gasteiger partial charge in [0.1, 0.15) is 10.8 Å². The maximum absolute atomic E-state index is 9.34. The number of rotatable bonds is 4. The number of aryl methyl sites for hydroxylation is 1. The Morgan fingerprint density at radius 1 is 1.19 bits per heavy atom. The molecule has 3 rings (SSSR count). The number of thioether (sulfide) groups is 1. The summed E-state index contributed by atoms with van der Waals surface area (Å²) >= 11 is 1.37. The first-order chi connectivity index (χ1) is 10.2. The maximum Gasteiger partial charge on any atom is 0.258 e. The second-order valence-electron chi connectivity index (χ2n) is 4.87. The van der Waals surface area contributed by atoms with E-state index in [1.165, 1.54) is 17.3 Å². The minimum atomic E-state index is -0.208. The summed E-state index contributed by atoms with van der Waals surface area (Å²) < 4.78 is 5.66. The van der Waals surface area contributed by atoms with Gasteiger partial charge in [0, 0.05) is 0 Å². The third kappa shape index (κ3) is 3.26. The largest absolute Gasteiger partial charge is 0.431 e. The van der Waals surface area contributed by atoms with Crippen LogP contribution in [-0.2, 0) is 6.42 Å². The van der Waals surface area contributed by atoms with E-state index in [1.54, 1.807) is 0 Å². The Kier molecular flexibility index (Phi) is 3.94. The van der Waals surface area contributed by atoms with E-state index in [-0.39, 0.29) is 5.25 Å². The Hall–Kier alpha value is -2.25. The summed E-state index contributed by atoms with van der Waals surface area (Å²) in [7, 11) is 0. The van der Waals surface area contributed by atoms with Crippen LogP contribution in [0.15, 0.2) is 58.2 Å². The van der Waals surface area contributed by atoms with Crippen LogP contribution in [0.5, 0.6) is 0 Å². The first kappa shape index (κ1) is 13.7. The molecule has 0 radical (unpaired) electrons. The molecule has 0 N–H and O–H groups in total. The van der Waals surface area contributed by atoms with Crippen LogP contribution in [-0.4, -0.2) is 10.2 Å². The van der Waals surface area contributed by atoms with Gasteiger partial charge in [0.15, 0.2) is 5.58 Å². The van der Waals surface area contributed by atoms with Crippen molar-refractivity contribution in [3.05, 3.63) is 59.7 Å². The molecule has 0 aliphatic rings. The molecule has 104 valence electrons. The molecule has 0 aliphatic heterocycles. The smallest absolute Gasteiger partial charge is 0.258 e. The Morgan fingerprint density at radius 2 is 1.95 bits per heavy atom. The molecule has 3 nitrogen and oxygen atoms in total. The zero-order valence-electron chi connectivity index (χ0n) is 11.6. The average molecular weight is 294 g/mol. The molecule has 0 fully saturated rings. The summed E-state index contributed by atoms with van der Waals surface area (Å²) in [5.74, 6) is 0. The van der Waals surface area contributed by atoms with Crippen LogP contribution in [0.25, 0.3) is 11.1 Å². The summed E-state index contributed by atoms with van der Waals surface area (Å²) in [5, 5.41) is 9.68. The topological polar surface area (TPSA) is 49.8 Å². The van der Waals surface area contributed by atoms with Crippen LogP contribution in [0.3, 0.4) is 0 Å². The van der Waals surface area contributed by atoms with E-state index in [0.717, 1.165) is 16.7 Å². The fraction of sp³-hybridized carbons (Fsp3) is 0.176. The second kappa shape index (κ2) is 6.02. The van der Waals surface area contributed by atoms with E-state index < -0.39 is 0 Å². The van der Waals surface area contributed by atoms with Crippen molar-refractivity contribution in [2.45, 2.75) is 23.8 Å². The van der Waals surface area contributed by atoms with Gasteiger partial charge in [-0.2, -0.15) is 5.26 Å². The van der Waals surface area contributed by atoms with E-state index in [1.807, 2.05) is 24.3 Å². The van der Waals surface area contributed by atoms with E-state index in [2.05, 4.69) is 42.2 Å². The normalized spacial score (nSPS) is 12.2. The molecule has 0 amide bonds. The molecular weight excluding hydrogens is 280 g/mol. The lowest BCUT2D eigenvalue weighted by atomic mass is 10.1. The van der Waals surface area contributed by atoms with Gasteiger partial charge >= 0.3 is 0 Å². The Labute approximate surface area is 127 Å². The molecule has 0 aliphatic carbocycles. The van der Waals surface area contributed by atoms with Crippen LogP contribution >= 0.6 is 11.8 Å². The molecule has 0 bridgehead atoms. The molecule has 21 heavy (non-hydrogen) atoms. The van der Waals surface area contributed by atoms with Gasteiger partial charge in [0.25, 0.3) is 5.22 Å². The summed E-state index contributed by atoms with van der Waals surface area (Å²) in [4.78, 5) is 4.40. The highest BCUT2D eigenvalue weighted by Crippen LogP contribution is 2.28. The monoisotopic (exact) mass is 294 g/mol. The van der Waals surface area contributed by atoms with Crippen molar-refractivity contribution >= 4 is 22.9 Å². The first-order valence-electron chi connectivity index (χ1n) is 6.72. The highest BCUT2D eigenvalue weighted by Gasteiger charge is 2.15. The molecule has 1 aromatic heterocycles. The van der Waals surface area contributed by atoms with E-state index in [4.69, 9.17) is 4.42 Å². The summed E-state index contributed by atoms with van der Waals surface area (Å²) in [5.41, 5.74) is 3.95. The number of nitrogens with zero attached hydrogens (tertiary/aromatic N) is 2. The van der Waals surface area contributed by atoms with Crippen molar-refractivity contribution in [3.8, 4) is 6.07 Å². The predicted octanol–water partition coefficient (Wildman–Crippen LogP) is 4.36. The minimum absolute atomic E-state index is 0.208. The molecule has 4 heteroatoms. The summed E-state index contributed by atoms with van der Waals surface area (Å²) in [6.07, 6.45) is 0.681. The lowest BCUT2D eigenvalue weighted by Gasteiger charge is -2.06. The summed E-state index contributed by atoms with van der Waals surface area (Å²) in [6, 6.07) is 18.2. The number of nitriles is 1. The van der Waals surface area contributed by atoms with Gasteiger partial charge in [-0.3, -0.25) is 0 Å². The molecule has 0 saturated carbocycles. The van der Waals surface area contributed by atoms with Crippen molar-refractivity contribution < 1.29 is 4.42 Å². The number of hydrogen-bond acceptors (Lipinski definition) is 4. The van der Waals surface area contributed by atoms with Crippen molar-refractivity contribution in [2.75, 3.05) is 0 Å². The van der Waals surface area contributed by atoms with Crippen LogP contribution in [0, 0.1) is 18.3 Å². The molecule has 1 heterocycles. The molecule has 0 spiro atoms. The number of hydrogen-bond donors (Lipinski definition) is 0. The molecule has 1 atom stereocenters. The van der Waals surface area contributed by atoms with Crippen molar-refractivity contribution in [3.63, 3.8) is 0 Å². The van der Waals surface area contributed by atoms with Gasteiger partial charge in [0.2, 0.25) is 0 Å². The lowest BCUT2D eigenvalue weighted by molar-refractivity contribution is 0.489. The number of aromatic nitrogens is 1. The highest BCUT2D eigenvalue weighted by molar-refractivity contribution is 7.99. The van der Waals surface area contributed by atoms with Crippen molar-refractivity contribution in [1.29, 1.82) is 5.26 Å². The van der Waals surface area contributed by atoms with Crippen LogP contribution in [0.2, 0.25) is 0 Å². The van der Waals surface area contributed by atoms with Crippen molar-refractivity contribution in [1.82, 2.24) is 4.98 Å². The first-order valence-corrected chi connectivity index (χ1v) is 7.60. The quantitative estimate of drug-likeness (QED) is 0.671. The van der Waals surface area contributed by atoms with Gasteiger partial charge < -0.3 is 4.42 Å². The molecular formula is C17H14N2OS. The zero-order valence-corrected chi connectivity index (χ0v) is 12.4. The SMILES string of the molecule is Cc1ccc(CC(C#N)Sc2nc3ccccc3o2)cc1. The molecule has 0 saturated heterocycles. The molecule has 3 aromatic rings. The average Bonchev–Trinajstić information content (AvgIpc) is 2.91. The van der Waals surface area contributed by atoms with Crippen molar-refractivity contribution in [2.24, 2.45) is 0 Å². The standard InChI is InChI=1S/C17H14N2OS/c1-12-6-8-13(9-7-12)10-14(11-18)21-17-19-15-4-2-3-5-16(15)20-17/h2-9,14H,10H2,1H3. The van der Waals surface area contributed by atoms with Gasteiger partial charge in [-0.05, 0) is 42.8 Å². The van der Waals surface area contributed by atoms with Crippen LogP contribution in [0.1, 0.15) is 11.1 Å². The van der Waals surface area contributed by atoms with Gasteiger partial charge in [-0.1, -0.05) is 42.0 Å². The Balaban J connectivity index is 1.75. The summed E-state index contributed by atoms with van der Waals surface area (Å²) in [6.45, 7) is 2.05. The van der Waals surface area contributed by atoms with E-state index in [0.29, 0.717) is 11.6 Å². The predicted molar refractivity (Wildman–Crippen MR) is 84.2 cm³/mol. The zero-order chi connectivity index (χ0) is 14.7. The van der Waals surface area contributed by atoms with E-state index >= 15 is 0 Å². The fourth-order valence-electron chi connectivity index (χ4n) is 2.08. The fourth-order valence-corrected chi connectivity index (χ4v) is 2.94. The third-order valence-corrected chi connectivity index (χ3v) is 4.14. The van der Waals surface area contributed by atoms with Gasteiger partial charge in [-0.15, -0.1) is 0 Å². The maximum atomic E-state index is 9.34.